The summed E-state index contributed by atoms with van der Waals surface area (Å²) in [6, 6.07) is 15.5. The maximum Gasteiger partial charge on any atom is 0.220 e. The fraction of sp³-hybridized carbons (Fsp3) is 0.318. The fourth-order valence-corrected chi connectivity index (χ4v) is 3.77. The van der Waals surface area contributed by atoms with Gasteiger partial charge < -0.3 is 15.1 Å². The highest BCUT2D eigenvalue weighted by molar-refractivity contribution is 5.80. The lowest BCUT2D eigenvalue weighted by atomic mass is 9.87. The first-order valence-electron chi connectivity index (χ1n) is 9.82. The van der Waals surface area contributed by atoms with E-state index in [0.29, 0.717) is 38.6 Å². The Morgan fingerprint density at radius 2 is 2.07 bits per heavy atom. The molecule has 1 aliphatic rings. The number of hydrogen-bond acceptors (Lipinski definition) is 4. The molecule has 1 unspecified atom stereocenters. The average molecular weight is 392 g/mol. The number of hydrogen-bond donors (Lipinski definition) is 3. The third-order valence-corrected chi connectivity index (χ3v) is 5.34. The van der Waals surface area contributed by atoms with Gasteiger partial charge in [0, 0.05) is 30.4 Å². The van der Waals surface area contributed by atoms with Crippen LogP contribution in [0.2, 0.25) is 0 Å². The van der Waals surface area contributed by atoms with Gasteiger partial charge in [-0.1, -0.05) is 30.3 Å². The molecule has 1 aliphatic heterocycles. The van der Waals surface area contributed by atoms with Crippen LogP contribution in [0.3, 0.4) is 0 Å². The summed E-state index contributed by atoms with van der Waals surface area (Å²) in [5.41, 5.74) is 2.30. The second-order valence-electron chi connectivity index (χ2n) is 7.51. The van der Waals surface area contributed by atoms with Crippen molar-refractivity contribution in [3.05, 3.63) is 66.2 Å². The first-order chi connectivity index (χ1) is 14.1. The number of rotatable bonds is 8. The molecule has 2 aromatic heterocycles. The van der Waals surface area contributed by atoms with Gasteiger partial charge in [-0.25, -0.2) is 0 Å². The zero-order chi connectivity index (χ0) is 20.1. The minimum Gasteiger partial charge on any atom is -0.469 e. The van der Waals surface area contributed by atoms with Crippen molar-refractivity contribution in [3.63, 3.8) is 0 Å². The minimum absolute atomic E-state index is 0.0304. The first kappa shape index (κ1) is 19.0. The van der Waals surface area contributed by atoms with Crippen LogP contribution in [0.15, 0.2) is 59.2 Å². The van der Waals surface area contributed by atoms with Crippen molar-refractivity contribution >= 4 is 11.8 Å². The SMILES string of the molecule is O=C(CCC1(Cc2ccco2)CCC(=O)N1)NCc1cc(-c2ccccc2)n[nH]1. The molecule has 0 bridgehead atoms. The monoisotopic (exact) mass is 392 g/mol. The standard InChI is InChI=1S/C22H24N4O3/c27-20(23-15-17-13-19(26-25-17)16-5-2-1-3-6-16)8-10-22(11-9-21(28)24-22)14-18-7-4-12-29-18/h1-7,12-13H,8-11,14-15H2,(H,23,27)(H,24,28)(H,25,26). The first-order valence-corrected chi connectivity index (χ1v) is 9.82. The molecule has 1 atom stereocenters. The molecular formula is C22H24N4O3. The van der Waals surface area contributed by atoms with Gasteiger partial charge in [0.25, 0.3) is 0 Å². The molecule has 7 heteroatoms. The summed E-state index contributed by atoms with van der Waals surface area (Å²) in [6.45, 7) is 0.385. The van der Waals surface area contributed by atoms with Gasteiger partial charge in [-0.3, -0.25) is 14.7 Å². The molecule has 0 spiro atoms. The Kier molecular flexibility index (Phi) is 5.46. The van der Waals surface area contributed by atoms with E-state index in [9.17, 15) is 9.59 Å². The van der Waals surface area contributed by atoms with Gasteiger partial charge >= 0.3 is 0 Å². The van der Waals surface area contributed by atoms with Crippen molar-refractivity contribution in [2.45, 2.75) is 44.2 Å². The third kappa shape index (κ3) is 4.74. The van der Waals surface area contributed by atoms with Crippen LogP contribution in [0.4, 0.5) is 0 Å². The van der Waals surface area contributed by atoms with Crippen LogP contribution in [0.5, 0.6) is 0 Å². The van der Waals surface area contributed by atoms with E-state index in [0.717, 1.165) is 22.7 Å². The van der Waals surface area contributed by atoms with E-state index in [1.54, 1.807) is 6.26 Å². The molecule has 29 heavy (non-hydrogen) atoms. The second-order valence-corrected chi connectivity index (χ2v) is 7.51. The van der Waals surface area contributed by atoms with Crippen LogP contribution in [0.1, 0.15) is 37.1 Å². The fourth-order valence-electron chi connectivity index (χ4n) is 3.77. The zero-order valence-electron chi connectivity index (χ0n) is 16.1. The number of carbonyl (C=O) groups is 2. The maximum absolute atomic E-state index is 12.4. The average Bonchev–Trinajstić information content (AvgIpc) is 3.48. The molecule has 1 fully saturated rings. The summed E-state index contributed by atoms with van der Waals surface area (Å²) in [7, 11) is 0. The van der Waals surface area contributed by atoms with Crippen LogP contribution >= 0.6 is 0 Å². The van der Waals surface area contributed by atoms with Gasteiger partial charge in [-0.2, -0.15) is 5.10 Å². The van der Waals surface area contributed by atoms with E-state index in [1.807, 2.05) is 48.5 Å². The number of aromatic amines is 1. The molecule has 0 saturated carbocycles. The number of H-pyrrole nitrogens is 1. The molecule has 1 aromatic carbocycles. The Bertz CT molecular complexity index is 965. The Labute approximate surface area is 168 Å². The lowest BCUT2D eigenvalue weighted by Crippen LogP contribution is -2.44. The van der Waals surface area contributed by atoms with E-state index < -0.39 is 5.54 Å². The van der Waals surface area contributed by atoms with Gasteiger partial charge in [-0.05, 0) is 31.0 Å². The Morgan fingerprint density at radius 1 is 1.21 bits per heavy atom. The van der Waals surface area contributed by atoms with Gasteiger partial charge in [0.1, 0.15) is 5.76 Å². The number of benzene rings is 1. The Hall–Kier alpha value is -3.35. The van der Waals surface area contributed by atoms with E-state index in [2.05, 4.69) is 20.8 Å². The number of aromatic nitrogens is 2. The van der Waals surface area contributed by atoms with E-state index in [4.69, 9.17) is 4.42 Å². The normalized spacial score (nSPS) is 18.6. The largest absolute Gasteiger partial charge is 0.469 e. The van der Waals surface area contributed by atoms with Crippen LogP contribution in [0, 0.1) is 0 Å². The molecule has 150 valence electrons. The lowest BCUT2D eigenvalue weighted by molar-refractivity contribution is -0.123. The summed E-state index contributed by atoms with van der Waals surface area (Å²) in [6.07, 6.45) is 4.32. The highest BCUT2D eigenvalue weighted by Crippen LogP contribution is 2.29. The Morgan fingerprint density at radius 3 is 2.79 bits per heavy atom. The molecule has 3 heterocycles. The Balaban J connectivity index is 1.30. The van der Waals surface area contributed by atoms with Crippen molar-refractivity contribution in [2.75, 3.05) is 0 Å². The summed E-state index contributed by atoms with van der Waals surface area (Å²) >= 11 is 0. The number of carbonyl (C=O) groups excluding carboxylic acids is 2. The number of amides is 2. The molecule has 1 saturated heterocycles. The van der Waals surface area contributed by atoms with E-state index >= 15 is 0 Å². The smallest absolute Gasteiger partial charge is 0.220 e. The summed E-state index contributed by atoms with van der Waals surface area (Å²) < 4.78 is 5.44. The number of nitrogens with one attached hydrogen (secondary N) is 3. The van der Waals surface area contributed by atoms with Crippen LogP contribution in [0.25, 0.3) is 11.3 Å². The predicted molar refractivity (Wildman–Crippen MR) is 108 cm³/mol. The molecule has 0 radical (unpaired) electrons. The van der Waals surface area contributed by atoms with Gasteiger partial charge in [-0.15, -0.1) is 0 Å². The van der Waals surface area contributed by atoms with Crippen molar-refractivity contribution in [3.8, 4) is 11.3 Å². The molecule has 7 nitrogen and oxygen atoms in total. The quantitative estimate of drug-likeness (QED) is 0.549. The second kappa shape index (κ2) is 8.34. The molecule has 4 rings (SSSR count). The molecule has 3 N–H and O–H groups in total. The summed E-state index contributed by atoms with van der Waals surface area (Å²) in [4.78, 5) is 24.2. The zero-order valence-corrected chi connectivity index (χ0v) is 16.1. The number of nitrogens with zero attached hydrogens (tertiary/aromatic N) is 1. The number of furan rings is 1. The summed E-state index contributed by atoms with van der Waals surface area (Å²) in [5, 5.41) is 13.3. The van der Waals surface area contributed by atoms with Crippen LogP contribution in [-0.4, -0.2) is 27.6 Å². The van der Waals surface area contributed by atoms with Gasteiger partial charge in [0.15, 0.2) is 0 Å². The van der Waals surface area contributed by atoms with Crippen molar-refractivity contribution in [1.29, 1.82) is 0 Å². The molecule has 2 amide bonds. The molecular weight excluding hydrogens is 368 g/mol. The van der Waals surface area contributed by atoms with E-state index in [1.165, 1.54) is 0 Å². The molecule has 3 aromatic rings. The van der Waals surface area contributed by atoms with Crippen LogP contribution in [-0.2, 0) is 22.6 Å². The topological polar surface area (TPSA) is 100 Å². The highest BCUT2D eigenvalue weighted by Gasteiger charge is 2.38. The lowest BCUT2D eigenvalue weighted by Gasteiger charge is -2.28. The third-order valence-electron chi connectivity index (χ3n) is 5.34. The minimum atomic E-state index is -0.416. The maximum atomic E-state index is 12.4. The highest BCUT2D eigenvalue weighted by atomic mass is 16.3. The predicted octanol–water partition coefficient (Wildman–Crippen LogP) is 2.96. The van der Waals surface area contributed by atoms with Gasteiger partial charge in [0.2, 0.25) is 11.8 Å². The van der Waals surface area contributed by atoms with E-state index in [-0.39, 0.29) is 11.8 Å². The summed E-state index contributed by atoms with van der Waals surface area (Å²) in [5.74, 6) is 0.794. The molecule has 0 aliphatic carbocycles. The van der Waals surface area contributed by atoms with Crippen molar-refractivity contribution < 1.29 is 14.0 Å². The van der Waals surface area contributed by atoms with Crippen molar-refractivity contribution in [2.24, 2.45) is 0 Å². The van der Waals surface area contributed by atoms with Crippen molar-refractivity contribution in [1.82, 2.24) is 20.8 Å². The van der Waals surface area contributed by atoms with Crippen LogP contribution < -0.4 is 10.6 Å². The van der Waals surface area contributed by atoms with Gasteiger partial charge in [0.05, 0.1) is 24.2 Å².